The molecule has 36 heavy (non-hydrogen) atoms. The molecule has 0 aromatic carbocycles. The summed E-state index contributed by atoms with van der Waals surface area (Å²) < 4.78 is 59.0. The van der Waals surface area contributed by atoms with E-state index < -0.39 is 24.5 Å². The predicted octanol–water partition coefficient (Wildman–Crippen LogP) is 2.30. The highest BCUT2D eigenvalue weighted by Gasteiger charge is 2.31. The molecule has 4 rings (SSSR count). The van der Waals surface area contributed by atoms with Crippen LogP contribution in [0, 0.1) is 11.7 Å². The lowest BCUT2D eigenvalue weighted by molar-refractivity contribution is -0.127. The Labute approximate surface area is 206 Å². The molecule has 13 heteroatoms. The summed E-state index contributed by atoms with van der Waals surface area (Å²) in [6.45, 7) is 3.13. The highest BCUT2D eigenvalue weighted by atomic mass is 19.4. The second-order valence-corrected chi connectivity index (χ2v) is 9.09. The molecule has 2 saturated heterocycles. The maximum atomic E-state index is 15.5. The van der Waals surface area contributed by atoms with Crippen LogP contribution in [0.5, 0.6) is 0 Å². The van der Waals surface area contributed by atoms with Crippen LogP contribution < -0.4 is 16.0 Å². The van der Waals surface area contributed by atoms with Crippen LogP contribution in [0.25, 0.3) is 0 Å². The predicted molar refractivity (Wildman–Crippen MR) is 124 cm³/mol. The number of aromatic nitrogens is 3. The monoisotopic (exact) mass is 511 g/mol. The van der Waals surface area contributed by atoms with Crippen LogP contribution in [0.1, 0.15) is 30.1 Å². The van der Waals surface area contributed by atoms with Gasteiger partial charge in [-0.2, -0.15) is 17.6 Å². The van der Waals surface area contributed by atoms with Crippen LogP contribution >= 0.6 is 0 Å². The molecular weight excluding hydrogens is 482 g/mol. The summed E-state index contributed by atoms with van der Waals surface area (Å²) >= 11 is 0. The molecule has 2 fully saturated rings. The average molecular weight is 512 g/mol. The van der Waals surface area contributed by atoms with E-state index in [4.69, 9.17) is 10.5 Å². The molecule has 2 aromatic heterocycles. The molecule has 1 atom stereocenters. The van der Waals surface area contributed by atoms with Crippen molar-refractivity contribution in [1.29, 1.82) is 0 Å². The van der Waals surface area contributed by atoms with E-state index in [1.165, 1.54) is 24.7 Å². The topological polar surface area (TPSA) is 110 Å². The molecule has 9 nitrogen and oxygen atoms in total. The van der Waals surface area contributed by atoms with Crippen LogP contribution in [0.3, 0.4) is 0 Å². The molecule has 4 heterocycles. The number of hydrogen-bond acceptors (Lipinski definition) is 8. The van der Waals surface area contributed by atoms with E-state index in [-0.39, 0.29) is 36.3 Å². The number of carbonyl (C=O) groups is 1. The third-order valence-corrected chi connectivity index (χ3v) is 6.41. The minimum atomic E-state index is -4.32. The Hall–Kier alpha value is -3.06. The van der Waals surface area contributed by atoms with Gasteiger partial charge in [0.25, 0.3) is 0 Å². The number of carbonyl (C=O) groups excluding carboxylic acids is 1. The highest BCUT2D eigenvalue weighted by Crippen LogP contribution is 2.32. The lowest BCUT2D eigenvalue weighted by atomic mass is 9.97. The Morgan fingerprint density at radius 2 is 1.94 bits per heavy atom. The normalized spacial score (nSPS) is 19.9. The molecule has 1 amide bonds. The zero-order valence-corrected chi connectivity index (χ0v) is 19.7. The molecule has 0 radical (unpaired) electrons. The number of amides is 1. The number of piperidine rings is 1. The molecule has 0 spiro atoms. The van der Waals surface area contributed by atoms with Crippen molar-refractivity contribution in [2.24, 2.45) is 11.7 Å². The number of nitrogens with zero attached hydrogens (tertiary/aromatic N) is 5. The van der Waals surface area contributed by atoms with Crippen molar-refractivity contribution < 1.29 is 27.1 Å². The molecule has 2 aliphatic heterocycles. The third-order valence-electron chi connectivity index (χ3n) is 6.41. The standard InChI is InChI=1S/C23H29F4N7O2/c24-20-21(30-10-15-3-5-33(6-4-15)12-19(28)35)31-14-32-22(20)34-7-8-36-13-18(34)17-2-1-16(11-29-17)9-23(25,26)27/h1-2,11,14-15,18H,3-10,12-13H2,(H2,28,35)(H,30,31,32). The number of hydrogen-bond donors (Lipinski definition) is 2. The summed E-state index contributed by atoms with van der Waals surface area (Å²) in [5, 5.41) is 3.09. The lowest BCUT2D eigenvalue weighted by Gasteiger charge is -2.36. The zero-order valence-electron chi connectivity index (χ0n) is 19.7. The molecule has 2 aromatic rings. The summed E-state index contributed by atoms with van der Waals surface area (Å²) in [7, 11) is 0. The van der Waals surface area contributed by atoms with E-state index in [0.717, 1.165) is 25.9 Å². The number of pyridine rings is 1. The van der Waals surface area contributed by atoms with E-state index in [1.54, 1.807) is 4.90 Å². The first-order valence-electron chi connectivity index (χ1n) is 11.8. The van der Waals surface area contributed by atoms with Gasteiger partial charge in [0, 0.05) is 19.3 Å². The molecule has 0 aliphatic carbocycles. The van der Waals surface area contributed by atoms with Gasteiger partial charge in [-0.15, -0.1) is 0 Å². The molecular formula is C23H29F4N7O2. The van der Waals surface area contributed by atoms with Gasteiger partial charge in [-0.1, -0.05) is 6.07 Å². The molecule has 3 N–H and O–H groups in total. The third kappa shape index (κ3) is 6.78. The van der Waals surface area contributed by atoms with E-state index >= 15 is 4.39 Å². The first kappa shape index (κ1) is 26.0. The smallest absolute Gasteiger partial charge is 0.377 e. The summed E-state index contributed by atoms with van der Waals surface area (Å²) in [5.74, 6) is -0.501. The fraction of sp³-hybridized carbons (Fsp3) is 0.565. The van der Waals surface area contributed by atoms with Crippen LogP contribution in [-0.2, 0) is 16.0 Å². The number of alkyl halides is 3. The van der Waals surface area contributed by atoms with Gasteiger partial charge in [0.05, 0.1) is 37.9 Å². The molecule has 1 unspecified atom stereocenters. The summed E-state index contributed by atoms with van der Waals surface area (Å²) in [6.07, 6.45) is -1.22. The minimum absolute atomic E-state index is 0.0506. The van der Waals surface area contributed by atoms with Gasteiger partial charge < -0.3 is 20.7 Å². The van der Waals surface area contributed by atoms with Crippen LogP contribution in [0.15, 0.2) is 24.7 Å². The van der Waals surface area contributed by atoms with Crippen molar-refractivity contribution in [1.82, 2.24) is 19.9 Å². The van der Waals surface area contributed by atoms with Crippen LogP contribution in [0.4, 0.5) is 29.2 Å². The first-order chi connectivity index (χ1) is 17.2. The summed E-state index contributed by atoms with van der Waals surface area (Å²) in [5.41, 5.74) is 5.77. The SMILES string of the molecule is NC(=O)CN1CCC(CNc2ncnc(N3CCOCC3c3ccc(CC(F)(F)F)cn3)c2F)CC1. The number of primary amides is 1. The number of nitrogens with one attached hydrogen (secondary N) is 1. The number of likely N-dealkylation sites (tertiary alicyclic amines) is 1. The van der Waals surface area contributed by atoms with Gasteiger partial charge in [0.2, 0.25) is 11.7 Å². The number of morpholine rings is 1. The van der Waals surface area contributed by atoms with E-state index in [9.17, 15) is 18.0 Å². The minimum Gasteiger partial charge on any atom is -0.377 e. The first-order valence-corrected chi connectivity index (χ1v) is 11.8. The zero-order chi connectivity index (χ0) is 25.7. The quantitative estimate of drug-likeness (QED) is 0.520. The van der Waals surface area contributed by atoms with E-state index in [1.807, 2.05) is 4.90 Å². The molecule has 0 bridgehead atoms. The van der Waals surface area contributed by atoms with E-state index in [2.05, 4.69) is 20.3 Å². The summed E-state index contributed by atoms with van der Waals surface area (Å²) in [6, 6.07) is 2.38. The Balaban J connectivity index is 1.42. The van der Waals surface area contributed by atoms with Crippen molar-refractivity contribution in [3.63, 3.8) is 0 Å². The van der Waals surface area contributed by atoms with Crippen molar-refractivity contribution in [2.75, 3.05) is 56.2 Å². The van der Waals surface area contributed by atoms with Gasteiger partial charge in [-0.25, -0.2) is 9.97 Å². The molecule has 2 aliphatic rings. The van der Waals surface area contributed by atoms with Crippen LogP contribution in [-0.4, -0.2) is 77.9 Å². The number of ether oxygens (including phenoxy) is 1. The Morgan fingerprint density at radius 1 is 1.17 bits per heavy atom. The maximum Gasteiger partial charge on any atom is 0.393 e. The van der Waals surface area contributed by atoms with Gasteiger partial charge in [-0.05, 0) is 43.5 Å². The van der Waals surface area contributed by atoms with Crippen molar-refractivity contribution >= 4 is 17.5 Å². The maximum absolute atomic E-state index is 15.5. The molecule has 196 valence electrons. The Bertz CT molecular complexity index is 1030. The Morgan fingerprint density at radius 3 is 2.61 bits per heavy atom. The van der Waals surface area contributed by atoms with E-state index in [0.29, 0.717) is 31.3 Å². The van der Waals surface area contributed by atoms with Gasteiger partial charge >= 0.3 is 6.18 Å². The summed E-state index contributed by atoms with van der Waals surface area (Å²) in [4.78, 5) is 27.2. The van der Waals surface area contributed by atoms with Crippen molar-refractivity contribution in [3.05, 3.63) is 41.7 Å². The number of rotatable bonds is 8. The number of halogens is 4. The second kappa shape index (κ2) is 11.3. The van der Waals surface area contributed by atoms with Gasteiger partial charge in [-0.3, -0.25) is 14.7 Å². The van der Waals surface area contributed by atoms with Gasteiger partial charge in [0.15, 0.2) is 11.6 Å². The Kier molecular flexibility index (Phi) is 8.19. The number of anilines is 2. The molecule has 0 saturated carbocycles. The number of nitrogens with two attached hydrogens (primary N) is 1. The van der Waals surface area contributed by atoms with Crippen molar-refractivity contribution in [2.45, 2.75) is 31.5 Å². The lowest BCUT2D eigenvalue weighted by Crippen LogP contribution is -2.41. The van der Waals surface area contributed by atoms with Crippen LogP contribution in [0.2, 0.25) is 0 Å². The largest absolute Gasteiger partial charge is 0.393 e. The fourth-order valence-electron chi connectivity index (χ4n) is 4.57. The average Bonchev–Trinajstić information content (AvgIpc) is 2.84. The highest BCUT2D eigenvalue weighted by molar-refractivity contribution is 5.75. The fourth-order valence-corrected chi connectivity index (χ4v) is 4.57. The van der Waals surface area contributed by atoms with Gasteiger partial charge in [0.1, 0.15) is 6.33 Å². The van der Waals surface area contributed by atoms with Crippen molar-refractivity contribution in [3.8, 4) is 0 Å². The second-order valence-electron chi connectivity index (χ2n) is 9.09.